The van der Waals surface area contributed by atoms with E-state index in [1.165, 1.54) is 58.3 Å². The van der Waals surface area contributed by atoms with E-state index in [1.54, 1.807) is 0 Å². The van der Waals surface area contributed by atoms with Crippen LogP contribution in [0.25, 0.3) is 0 Å². The van der Waals surface area contributed by atoms with Gasteiger partial charge in [-0.2, -0.15) is 0 Å². The van der Waals surface area contributed by atoms with E-state index < -0.39 is 0 Å². The summed E-state index contributed by atoms with van der Waals surface area (Å²) < 4.78 is 4.90. The molecule has 0 heterocycles. The predicted octanol–water partition coefficient (Wildman–Crippen LogP) is 5.27. The van der Waals surface area contributed by atoms with E-state index in [-0.39, 0.29) is 5.97 Å². The van der Waals surface area contributed by atoms with Gasteiger partial charge in [0.2, 0.25) is 0 Å². The molecule has 0 spiro atoms. The molecule has 19 heavy (non-hydrogen) atoms. The fourth-order valence-corrected chi connectivity index (χ4v) is 2.27. The SMILES string of the molecule is C=CCC(C)CCCCCCCCCCOC(C)=O. The van der Waals surface area contributed by atoms with Crippen LogP contribution in [0.1, 0.15) is 78.1 Å². The van der Waals surface area contributed by atoms with Crippen molar-refractivity contribution in [2.24, 2.45) is 5.92 Å². The van der Waals surface area contributed by atoms with Crippen molar-refractivity contribution in [1.29, 1.82) is 0 Å². The summed E-state index contributed by atoms with van der Waals surface area (Å²) in [5.74, 6) is 0.643. The molecule has 0 rings (SSSR count). The summed E-state index contributed by atoms with van der Waals surface area (Å²) in [6, 6.07) is 0. The molecule has 0 aliphatic carbocycles. The van der Waals surface area contributed by atoms with Gasteiger partial charge in [0.05, 0.1) is 6.61 Å². The van der Waals surface area contributed by atoms with E-state index >= 15 is 0 Å². The molecule has 0 aromatic rings. The molecule has 0 amide bonds. The highest BCUT2D eigenvalue weighted by atomic mass is 16.5. The summed E-state index contributed by atoms with van der Waals surface area (Å²) in [5.41, 5.74) is 0. The first-order valence-electron chi connectivity index (χ1n) is 7.91. The van der Waals surface area contributed by atoms with Crippen molar-refractivity contribution >= 4 is 5.97 Å². The zero-order chi connectivity index (χ0) is 14.3. The van der Waals surface area contributed by atoms with Crippen molar-refractivity contribution < 1.29 is 9.53 Å². The number of allylic oxidation sites excluding steroid dienone is 1. The Hall–Kier alpha value is -0.790. The average Bonchev–Trinajstić information content (AvgIpc) is 2.36. The third-order valence-electron chi connectivity index (χ3n) is 3.47. The molecule has 0 radical (unpaired) electrons. The molecule has 0 aliphatic heterocycles. The van der Waals surface area contributed by atoms with Crippen LogP contribution in [0.2, 0.25) is 0 Å². The number of hydrogen-bond acceptors (Lipinski definition) is 2. The minimum atomic E-state index is -0.161. The molecular formula is C17H32O2. The molecule has 112 valence electrons. The van der Waals surface area contributed by atoms with Crippen molar-refractivity contribution in [3.63, 3.8) is 0 Å². The van der Waals surface area contributed by atoms with E-state index in [4.69, 9.17) is 4.74 Å². The van der Waals surface area contributed by atoms with Crippen LogP contribution >= 0.6 is 0 Å². The normalized spacial score (nSPS) is 12.1. The molecule has 0 aromatic carbocycles. The summed E-state index contributed by atoms with van der Waals surface area (Å²) in [4.78, 5) is 10.5. The van der Waals surface area contributed by atoms with Crippen molar-refractivity contribution in [3.05, 3.63) is 12.7 Å². The Balaban J connectivity index is 3.06. The fourth-order valence-electron chi connectivity index (χ4n) is 2.27. The fraction of sp³-hybridized carbons (Fsp3) is 0.824. The van der Waals surface area contributed by atoms with Crippen LogP contribution in [-0.2, 0) is 9.53 Å². The zero-order valence-corrected chi connectivity index (χ0v) is 13.0. The summed E-state index contributed by atoms with van der Waals surface area (Å²) in [7, 11) is 0. The van der Waals surface area contributed by atoms with Gasteiger partial charge in [-0.05, 0) is 18.8 Å². The van der Waals surface area contributed by atoms with E-state index in [9.17, 15) is 4.79 Å². The number of carbonyl (C=O) groups is 1. The molecule has 2 heteroatoms. The lowest BCUT2D eigenvalue weighted by Crippen LogP contribution is -2.00. The Morgan fingerprint density at radius 1 is 1.05 bits per heavy atom. The number of ether oxygens (including phenoxy) is 1. The maximum Gasteiger partial charge on any atom is 0.302 e. The minimum absolute atomic E-state index is 0.161. The molecular weight excluding hydrogens is 236 g/mol. The molecule has 0 saturated heterocycles. The van der Waals surface area contributed by atoms with E-state index in [1.807, 2.05) is 6.08 Å². The van der Waals surface area contributed by atoms with Gasteiger partial charge < -0.3 is 4.74 Å². The van der Waals surface area contributed by atoms with E-state index in [2.05, 4.69) is 13.5 Å². The molecule has 0 saturated carbocycles. The average molecular weight is 268 g/mol. The largest absolute Gasteiger partial charge is 0.466 e. The van der Waals surface area contributed by atoms with Gasteiger partial charge in [-0.1, -0.05) is 64.4 Å². The topological polar surface area (TPSA) is 26.3 Å². The lowest BCUT2D eigenvalue weighted by Gasteiger charge is -2.07. The Kier molecular flexibility index (Phi) is 13.1. The van der Waals surface area contributed by atoms with Crippen molar-refractivity contribution in [2.45, 2.75) is 78.1 Å². The van der Waals surface area contributed by atoms with Crippen LogP contribution in [0.3, 0.4) is 0 Å². The summed E-state index contributed by atoms with van der Waals surface area (Å²) in [6.45, 7) is 8.15. The highest BCUT2D eigenvalue weighted by molar-refractivity contribution is 5.65. The second-order valence-corrected chi connectivity index (χ2v) is 5.59. The van der Waals surface area contributed by atoms with E-state index in [0.717, 1.165) is 18.8 Å². The first-order valence-corrected chi connectivity index (χ1v) is 7.91. The minimum Gasteiger partial charge on any atom is -0.466 e. The smallest absolute Gasteiger partial charge is 0.302 e. The first-order chi connectivity index (χ1) is 9.16. The van der Waals surface area contributed by atoms with Crippen molar-refractivity contribution in [2.75, 3.05) is 6.61 Å². The molecule has 2 nitrogen and oxygen atoms in total. The molecule has 0 aliphatic rings. The summed E-state index contributed by atoms with van der Waals surface area (Å²) >= 11 is 0. The number of unbranched alkanes of at least 4 members (excludes halogenated alkanes) is 7. The van der Waals surface area contributed by atoms with Gasteiger partial charge in [-0.15, -0.1) is 6.58 Å². The molecule has 0 aromatic heterocycles. The highest BCUT2D eigenvalue weighted by Crippen LogP contribution is 2.15. The Morgan fingerprint density at radius 3 is 2.11 bits per heavy atom. The maximum atomic E-state index is 10.5. The second-order valence-electron chi connectivity index (χ2n) is 5.59. The van der Waals surface area contributed by atoms with Gasteiger partial charge in [0.1, 0.15) is 0 Å². The highest BCUT2D eigenvalue weighted by Gasteiger charge is 1.99. The van der Waals surface area contributed by atoms with Gasteiger partial charge in [0, 0.05) is 6.92 Å². The Morgan fingerprint density at radius 2 is 1.58 bits per heavy atom. The van der Waals surface area contributed by atoms with E-state index in [0.29, 0.717) is 6.61 Å². The maximum absolute atomic E-state index is 10.5. The van der Waals surface area contributed by atoms with Crippen LogP contribution in [0, 0.1) is 5.92 Å². The Bertz CT molecular complexity index is 223. The number of hydrogen-bond donors (Lipinski definition) is 0. The third-order valence-corrected chi connectivity index (χ3v) is 3.47. The zero-order valence-electron chi connectivity index (χ0n) is 13.0. The van der Waals surface area contributed by atoms with Gasteiger partial charge >= 0.3 is 5.97 Å². The van der Waals surface area contributed by atoms with Crippen LogP contribution in [-0.4, -0.2) is 12.6 Å². The Labute approximate surface area is 119 Å². The lowest BCUT2D eigenvalue weighted by molar-refractivity contribution is -0.141. The first kappa shape index (κ1) is 18.2. The summed E-state index contributed by atoms with van der Waals surface area (Å²) in [6.07, 6.45) is 14.8. The third kappa shape index (κ3) is 15.2. The standard InChI is InChI=1S/C17H32O2/c1-4-13-16(2)14-11-9-7-5-6-8-10-12-15-19-17(3)18/h4,16H,1,5-15H2,2-3H3. The van der Waals surface area contributed by atoms with Gasteiger partial charge in [-0.3, -0.25) is 4.79 Å². The summed E-state index contributed by atoms with van der Waals surface area (Å²) in [5, 5.41) is 0. The molecule has 0 N–H and O–H groups in total. The molecule has 1 atom stereocenters. The van der Waals surface area contributed by atoms with Crippen LogP contribution in [0.4, 0.5) is 0 Å². The second kappa shape index (κ2) is 13.6. The quantitative estimate of drug-likeness (QED) is 0.258. The number of rotatable bonds is 13. The van der Waals surface area contributed by atoms with Crippen molar-refractivity contribution in [3.8, 4) is 0 Å². The number of carbonyl (C=O) groups excluding carboxylic acids is 1. The van der Waals surface area contributed by atoms with Gasteiger partial charge in [0.15, 0.2) is 0 Å². The van der Waals surface area contributed by atoms with Crippen molar-refractivity contribution in [1.82, 2.24) is 0 Å². The van der Waals surface area contributed by atoms with Gasteiger partial charge in [-0.25, -0.2) is 0 Å². The van der Waals surface area contributed by atoms with Gasteiger partial charge in [0.25, 0.3) is 0 Å². The lowest BCUT2D eigenvalue weighted by atomic mass is 9.99. The predicted molar refractivity (Wildman–Crippen MR) is 82.2 cm³/mol. The monoisotopic (exact) mass is 268 g/mol. The van der Waals surface area contributed by atoms with Crippen LogP contribution in [0.5, 0.6) is 0 Å². The van der Waals surface area contributed by atoms with Crippen LogP contribution < -0.4 is 0 Å². The molecule has 0 fully saturated rings. The molecule has 0 bridgehead atoms. The molecule has 1 unspecified atom stereocenters. The van der Waals surface area contributed by atoms with Crippen LogP contribution in [0.15, 0.2) is 12.7 Å². The number of esters is 1.